The number of nitrogens with zero attached hydrogens (tertiary/aromatic N) is 3. The molecule has 0 spiro atoms. The highest BCUT2D eigenvalue weighted by molar-refractivity contribution is 6.09. The van der Waals surface area contributed by atoms with E-state index in [2.05, 4.69) is 15.8 Å². The number of aryl methyl sites for hydroxylation is 1. The van der Waals surface area contributed by atoms with Crippen molar-refractivity contribution < 1.29 is 19.1 Å². The van der Waals surface area contributed by atoms with Gasteiger partial charge in [0.25, 0.3) is 5.91 Å². The Morgan fingerprint density at radius 3 is 2.83 bits per heavy atom. The number of hydroxylamine groups is 1. The van der Waals surface area contributed by atoms with E-state index in [0.29, 0.717) is 24.2 Å². The number of fused-ring (bicyclic) bond motifs is 1. The van der Waals surface area contributed by atoms with E-state index < -0.39 is 11.7 Å². The predicted molar refractivity (Wildman–Crippen MR) is 113 cm³/mol. The Hall–Kier alpha value is -3.01. The molecular formula is C21H26FN5O3. The summed E-state index contributed by atoms with van der Waals surface area (Å²) in [7, 11) is 3.89. The van der Waals surface area contributed by atoms with E-state index >= 15 is 0 Å². The molecule has 3 N–H and O–H groups in total. The fraction of sp³-hybridized carbons (Fsp3) is 0.333. The van der Waals surface area contributed by atoms with Gasteiger partial charge in [-0.25, -0.2) is 9.87 Å². The van der Waals surface area contributed by atoms with Gasteiger partial charge in [-0.3, -0.25) is 14.6 Å². The summed E-state index contributed by atoms with van der Waals surface area (Å²) >= 11 is 0. The smallest absolute Gasteiger partial charge is 0.293 e. The molecule has 1 aromatic carbocycles. The van der Waals surface area contributed by atoms with Crippen molar-refractivity contribution in [2.24, 2.45) is 0 Å². The Morgan fingerprint density at radius 2 is 2.13 bits per heavy atom. The minimum Gasteiger partial charge on any atom is -0.394 e. The minimum atomic E-state index is -0.506. The lowest BCUT2D eigenvalue weighted by Crippen LogP contribution is -2.29. The first-order valence-electron chi connectivity index (χ1n) is 9.59. The Morgan fingerprint density at radius 1 is 1.33 bits per heavy atom. The van der Waals surface area contributed by atoms with Gasteiger partial charge < -0.3 is 19.9 Å². The number of carbonyl (C=O) groups is 1. The fourth-order valence-corrected chi connectivity index (χ4v) is 3.16. The molecular weight excluding hydrogens is 389 g/mol. The van der Waals surface area contributed by atoms with Gasteiger partial charge in [-0.1, -0.05) is 6.07 Å². The van der Waals surface area contributed by atoms with Gasteiger partial charge in [-0.15, -0.1) is 0 Å². The first-order chi connectivity index (χ1) is 14.4. The molecule has 2 aromatic heterocycles. The molecule has 0 radical (unpaired) electrons. The Labute approximate surface area is 174 Å². The Balaban J connectivity index is 2.12. The number of aliphatic hydroxyl groups excluding tert-OH is 1. The van der Waals surface area contributed by atoms with Crippen molar-refractivity contribution in [1.29, 1.82) is 0 Å². The van der Waals surface area contributed by atoms with Gasteiger partial charge in [0.2, 0.25) is 0 Å². The summed E-state index contributed by atoms with van der Waals surface area (Å²) in [5, 5.41) is 12.7. The molecule has 0 aliphatic carbocycles. The number of benzene rings is 1. The van der Waals surface area contributed by atoms with Crippen LogP contribution in [0.3, 0.4) is 0 Å². The van der Waals surface area contributed by atoms with Crippen LogP contribution in [0.25, 0.3) is 10.9 Å². The first kappa shape index (κ1) is 21.7. The number of aromatic nitrogens is 2. The lowest BCUT2D eigenvalue weighted by Gasteiger charge is -2.16. The number of nitrogens with one attached hydrogen (secondary N) is 2. The van der Waals surface area contributed by atoms with Gasteiger partial charge in [-0.2, -0.15) is 0 Å². The number of anilines is 2. The molecule has 0 aliphatic heterocycles. The van der Waals surface area contributed by atoms with Crippen LogP contribution in [-0.4, -0.2) is 59.3 Å². The van der Waals surface area contributed by atoms with Gasteiger partial charge in [0.05, 0.1) is 30.1 Å². The topological polar surface area (TPSA) is 91.7 Å². The van der Waals surface area contributed by atoms with Gasteiger partial charge in [0.1, 0.15) is 11.5 Å². The average molecular weight is 415 g/mol. The summed E-state index contributed by atoms with van der Waals surface area (Å²) in [6, 6.07) is 6.66. The molecule has 0 fully saturated rings. The maximum absolute atomic E-state index is 14.5. The van der Waals surface area contributed by atoms with Crippen LogP contribution < -0.4 is 10.8 Å². The van der Waals surface area contributed by atoms with E-state index in [4.69, 9.17) is 9.94 Å². The molecule has 1 amide bonds. The summed E-state index contributed by atoms with van der Waals surface area (Å²) in [6.07, 6.45) is 3.29. The predicted octanol–water partition coefficient (Wildman–Crippen LogP) is 2.44. The van der Waals surface area contributed by atoms with E-state index in [1.165, 1.54) is 6.07 Å². The van der Waals surface area contributed by atoms with Crippen molar-refractivity contribution >= 4 is 28.2 Å². The summed E-state index contributed by atoms with van der Waals surface area (Å²) in [5.41, 5.74) is 4.91. The number of amides is 1. The highest BCUT2D eigenvalue weighted by Crippen LogP contribution is 2.34. The summed E-state index contributed by atoms with van der Waals surface area (Å²) in [4.78, 5) is 24.2. The third-order valence-electron chi connectivity index (χ3n) is 4.59. The maximum Gasteiger partial charge on any atom is 0.293 e. The van der Waals surface area contributed by atoms with Crippen LogP contribution in [0, 0.1) is 12.7 Å². The molecule has 2 heterocycles. The first-order valence-corrected chi connectivity index (χ1v) is 9.59. The van der Waals surface area contributed by atoms with Crippen molar-refractivity contribution in [2.75, 3.05) is 39.2 Å². The highest BCUT2D eigenvalue weighted by Gasteiger charge is 2.24. The molecule has 160 valence electrons. The van der Waals surface area contributed by atoms with Crippen LogP contribution in [0.4, 0.5) is 15.8 Å². The average Bonchev–Trinajstić information content (AvgIpc) is 3.02. The van der Waals surface area contributed by atoms with Crippen molar-refractivity contribution in [2.45, 2.75) is 13.5 Å². The van der Waals surface area contributed by atoms with Crippen LogP contribution in [-0.2, 0) is 11.4 Å². The number of carbonyl (C=O) groups excluding carboxylic acids is 1. The Bertz CT molecular complexity index is 1030. The molecule has 3 rings (SSSR count). The molecule has 0 saturated carbocycles. The SMILES string of the molecule is Cc1ccc(Nc2c(C(=O)NOCCO)n(CCN(C)C)c3ccncc23)c(F)c1. The van der Waals surface area contributed by atoms with E-state index in [1.807, 2.05) is 29.6 Å². The number of hydrogen-bond donors (Lipinski definition) is 3. The lowest BCUT2D eigenvalue weighted by molar-refractivity contribution is 0.0162. The molecule has 9 heteroatoms. The standard InChI is InChI=1S/C21H26FN5O3/c1-14-4-5-17(16(22)12-14)24-19-15-13-23-7-6-18(15)27(9-8-26(2)3)20(19)21(29)25-30-11-10-28/h4-7,12-13,24,28H,8-11H2,1-3H3,(H,25,29). The zero-order chi connectivity index (χ0) is 21.7. The number of rotatable bonds is 9. The fourth-order valence-electron chi connectivity index (χ4n) is 3.16. The second-order valence-corrected chi connectivity index (χ2v) is 7.18. The van der Waals surface area contributed by atoms with E-state index in [9.17, 15) is 9.18 Å². The monoisotopic (exact) mass is 415 g/mol. The molecule has 0 atom stereocenters. The zero-order valence-electron chi connectivity index (χ0n) is 17.3. The summed E-state index contributed by atoms with van der Waals surface area (Å²) in [5.74, 6) is -0.926. The van der Waals surface area contributed by atoms with Crippen LogP contribution in [0.1, 0.15) is 16.1 Å². The molecule has 0 unspecified atom stereocenters. The quantitative estimate of drug-likeness (QED) is 0.367. The van der Waals surface area contributed by atoms with Crippen LogP contribution in [0.2, 0.25) is 0 Å². The van der Waals surface area contributed by atoms with Crippen LogP contribution in [0.15, 0.2) is 36.7 Å². The Kier molecular flexibility index (Phi) is 6.99. The van der Waals surface area contributed by atoms with E-state index in [0.717, 1.165) is 11.1 Å². The van der Waals surface area contributed by atoms with Crippen molar-refractivity contribution in [3.8, 4) is 0 Å². The minimum absolute atomic E-state index is 0.0411. The molecule has 8 nitrogen and oxygen atoms in total. The third kappa shape index (κ3) is 4.76. The molecule has 0 aliphatic rings. The number of hydrogen-bond acceptors (Lipinski definition) is 6. The van der Waals surface area contributed by atoms with Crippen LogP contribution in [0.5, 0.6) is 0 Å². The van der Waals surface area contributed by atoms with Gasteiger partial charge in [-0.05, 0) is 44.8 Å². The van der Waals surface area contributed by atoms with E-state index in [-0.39, 0.29) is 24.6 Å². The second-order valence-electron chi connectivity index (χ2n) is 7.18. The summed E-state index contributed by atoms with van der Waals surface area (Å²) < 4.78 is 16.4. The zero-order valence-corrected chi connectivity index (χ0v) is 17.3. The van der Waals surface area contributed by atoms with Gasteiger partial charge in [0.15, 0.2) is 0 Å². The molecule has 0 saturated heterocycles. The number of likely N-dealkylation sites (N-methyl/N-ethyl adjacent to an activating group) is 1. The van der Waals surface area contributed by atoms with Crippen LogP contribution >= 0.6 is 0 Å². The third-order valence-corrected chi connectivity index (χ3v) is 4.59. The summed E-state index contributed by atoms with van der Waals surface area (Å²) in [6.45, 7) is 2.74. The van der Waals surface area contributed by atoms with E-state index in [1.54, 1.807) is 31.5 Å². The van der Waals surface area contributed by atoms with Crippen molar-refractivity contribution in [3.63, 3.8) is 0 Å². The number of halogens is 1. The normalized spacial score (nSPS) is 11.3. The number of pyridine rings is 1. The van der Waals surface area contributed by atoms with Gasteiger partial charge >= 0.3 is 0 Å². The largest absolute Gasteiger partial charge is 0.394 e. The van der Waals surface area contributed by atoms with Gasteiger partial charge in [0, 0.05) is 30.9 Å². The second kappa shape index (κ2) is 9.66. The van der Waals surface area contributed by atoms with Crippen molar-refractivity contribution in [1.82, 2.24) is 19.9 Å². The molecule has 0 bridgehead atoms. The van der Waals surface area contributed by atoms with Crippen molar-refractivity contribution in [3.05, 3.63) is 53.7 Å². The molecule has 30 heavy (non-hydrogen) atoms. The lowest BCUT2D eigenvalue weighted by atomic mass is 10.2. The number of aliphatic hydroxyl groups is 1. The highest BCUT2D eigenvalue weighted by atomic mass is 19.1. The molecule has 3 aromatic rings. The maximum atomic E-state index is 14.5.